The third kappa shape index (κ3) is 8.66. The van der Waals surface area contributed by atoms with Crippen LogP contribution >= 0.6 is 23.2 Å². The molecule has 236 valence electrons. The van der Waals surface area contributed by atoms with E-state index in [9.17, 15) is 18.0 Å². The van der Waals surface area contributed by atoms with Crippen LogP contribution < -0.4 is 9.62 Å². The fraction of sp³-hybridized carbons (Fsp3) is 0.257. The van der Waals surface area contributed by atoms with E-state index < -0.39 is 28.5 Å². The average molecular weight is 667 g/mol. The highest BCUT2D eigenvalue weighted by Gasteiger charge is 2.35. The Bertz CT molecular complexity index is 1710. The second-order valence-corrected chi connectivity index (χ2v) is 13.6. The zero-order valence-corrected chi connectivity index (χ0v) is 27.9. The maximum absolute atomic E-state index is 14.5. The molecule has 0 radical (unpaired) electrons. The predicted molar refractivity (Wildman–Crippen MR) is 181 cm³/mol. The molecule has 4 rings (SSSR count). The molecule has 4 aromatic carbocycles. The number of carbonyl (C=O) groups is 2. The highest BCUT2D eigenvalue weighted by Crippen LogP contribution is 2.31. The van der Waals surface area contributed by atoms with E-state index in [4.69, 9.17) is 23.2 Å². The molecule has 0 aromatic heterocycles. The van der Waals surface area contributed by atoms with E-state index in [0.29, 0.717) is 28.6 Å². The van der Waals surface area contributed by atoms with Crippen LogP contribution in [0.3, 0.4) is 0 Å². The molecular formula is C35H37Cl2N3O4S. The maximum Gasteiger partial charge on any atom is 0.264 e. The van der Waals surface area contributed by atoms with Crippen LogP contribution in [0, 0.1) is 13.8 Å². The number of nitrogens with one attached hydrogen (secondary N) is 1. The van der Waals surface area contributed by atoms with Crippen molar-refractivity contribution >= 4 is 50.7 Å². The van der Waals surface area contributed by atoms with Crippen LogP contribution in [0.5, 0.6) is 0 Å². The van der Waals surface area contributed by atoms with Crippen molar-refractivity contribution < 1.29 is 18.0 Å². The first kappa shape index (κ1) is 34.0. The molecule has 0 spiro atoms. The molecule has 0 saturated carbocycles. The van der Waals surface area contributed by atoms with Gasteiger partial charge < -0.3 is 10.2 Å². The lowest BCUT2D eigenvalue weighted by Gasteiger charge is -2.34. The lowest BCUT2D eigenvalue weighted by atomic mass is 10.0. The van der Waals surface area contributed by atoms with Crippen LogP contribution in [-0.4, -0.2) is 44.3 Å². The number of aryl methyl sites for hydroxylation is 1. The topological polar surface area (TPSA) is 86.8 Å². The first-order valence-corrected chi connectivity index (χ1v) is 16.9. The Hall–Kier alpha value is -3.85. The third-order valence-corrected chi connectivity index (χ3v) is 9.92. The summed E-state index contributed by atoms with van der Waals surface area (Å²) in [6.07, 6.45) is 0.947. The number of sulfonamides is 1. The van der Waals surface area contributed by atoms with Crippen molar-refractivity contribution in [2.75, 3.05) is 17.4 Å². The van der Waals surface area contributed by atoms with Crippen LogP contribution in [0.2, 0.25) is 10.0 Å². The molecule has 0 unspecified atom stereocenters. The fourth-order valence-corrected chi connectivity index (χ4v) is 6.69. The van der Waals surface area contributed by atoms with Gasteiger partial charge in [-0.2, -0.15) is 0 Å². The second kappa shape index (κ2) is 15.4. The molecule has 7 nitrogen and oxygen atoms in total. The highest BCUT2D eigenvalue weighted by molar-refractivity contribution is 7.92. The van der Waals surface area contributed by atoms with E-state index >= 15 is 0 Å². The lowest BCUT2D eigenvalue weighted by Crippen LogP contribution is -2.53. The standard InChI is InChI=1S/C35H37Cl2N3O4S/c1-4-21-38-35(42)33(22-27-9-6-5-7-10-27)39(23-28-15-17-29(36)18-16-28)34(41)24-40(32-12-8-11-31(37)26(32)3)45(43,44)30-19-13-25(2)14-20-30/h5-20,33H,4,21-24H2,1-3H3,(H,38,42)/t33-/m0/s1. The normalized spacial score (nSPS) is 11.9. The third-order valence-electron chi connectivity index (χ3n) is 7.48. The van der Waals surface area contributed by atoms with Crippen LogP contribution in [0.25, 0.3) is 0 Å². The summed E-state index contributed by atoms with van der Waals surface area (Å²) in [4.78, 5) is 29.7. The molecule has 1 atom stereocenters. The molecule has 0 aliphatic carbocycles. The summed E-state index contributed by atoms with van der Waals surface area (Å²) < 4.78 is 29.5. The molecule has 0 fully saturated rings. The van der Waals surface area contributed by atoms with Gasteiger partial charge in [-0.25, -0.2) is 8.42 Å². The smallest absolute Gasteiger partial charge is 0.264 e. The first-order valence-electron chi connectivity index (χ1n) is 14.7. The van der Waals surface area contributed by atoms with Gasteiger partial charge in [0.05, 0.1) is 10.6 Å². The summed E-state index contributed by atoms with van der Waals surface area (Å²) in [5.41, 5.74) is 3.27. The van der Waals surface area contributed by atoms with E-state index in [-0.39, 0.29) is 29.5 Å². The summed E-state index contributed by atoms with van der Waals surface area (Å²) in [7, 11) is -4.23. The summed E-state index contributed by atoms with van der Waals surface area (Å²) in [5, 5.41) is 3.84. The number of hydrogen-bond acceptors (Lipinski definition) is 4. The fourth-order valence-electron chi connectivity index (χ4n) is 4.92. The molecule has 45 heavy (non-hydrogen) atoms. The summed E-state index contributed by atoms with van der Waals surface area (Å²) in [5.74, 6) is -0.873. The first-order chi connectivity index (χ1) is 21.5. The SMILES string of the molecule is CCCNC(=O)[C@H](Cc1ccccc1)N(Cc1ccc(Cl)cc1)C(=O)CN(c1cccc(Cl)c1C)S(=O)(=O)c1ccc(C)cc1. The Kier molecular flexibility index (Phi) is 11.7. The molecule has 0 aliphatic heterocycles. The number of nitrogens with zero attached hydrogens (tertiary/aromatic N) is 2. The minimum absolute atomic E-state index is 0.0334. The van der Waals surface area contributed by atoms with E-state index in [1.54, 1.807) is 61.5 Å². The summed E-state index contributed by atoms with van der Waals surface area (Å²) >= 11 is 12.6. The van der Waals surface area contributed by atoms with Crippen LogP contribution in [0.4, 0.5) is 5.69 Å². The average Bonchev–Trinajstić information content (AvgIpc) is 3.03. The number of hydrogen-bond donors (Lipinski definition) is 1. The largest absolute Gasteiger partial charge is 0.354 e. The number of anilines is 1. The van der Waals surface area contributed by atoms with Gasteiger partial charge in [-0.1, -0.05) is 96.4 Å². The number of amides is 2. The number of carbonyl (C=O) groups excluding carboxylic acids is 2. The van der Waals surface area contributed by atoms with E-state index in [1.807, 2.05) is 44.2 Å². The molecule has 0 heterocycles. The number of benzene rings is 4. The molecule has 0 aliphatic rings. The van der Waals surface area contributed by atoms with Crippen LogP contribution in [0.15, 0.2) is 102 Å². The summed E-state index contributed by atoms with van der Waals surface area (Å²) in [6, 6.07) is 26.9. The molecular weight excluding hydrogens is 629 g/mol. The maximum atomic E-state index is 14.5. The molecule has 0 bridgehead atoms. The van der Waals surface area contributed by atoms with Crippen molar-refractivity contribution in [2.24, 2.45) is 0 Å². The minimum atomic E-state index is -4.23. The van der Waals surface area contributed by atoms with Crippen LogP contribution in [-0.2, 0) is 32.6 Å². The van der Waals surface area contributed by atoms with Crippen molar-refractivity contribution in [3.05, 3.63) is 129 Å². The van der Waals surface area contributed by atoms with Gasteiger partial charge in [-0.05, 0) is 73.4 Å². The van der Waals surface area contributed by atoms with Gasteiger partial charge >= 0.3 is 0 Å². The van der Waals surface area contributed by atoms with Gasteiger partial charge in [0.15, 0.2) is 0 Å². The van der Waals surface area contributed by atoms with Gasteiger partial charge in [-0.3, -0.25) is 13.9 Å². The Morgan fingerprint density at radius 2 is 1.49 bits per heavy atom. The molecule has 1 N–H and O–H groups in total. The van der Waals surface area contributed by atoms with Gasteiger partial charge in [0, 0.05) is 29.6 Å². The van der Waals surface area contributed by atoms with Crippen molar-refractivity contribution in [3.8, 4) is 0 Å². The van der Waals surface area contributed by atoms with Gasteiger partial charge in [-0.15, -0.1) is 0 Å². The Labute approximate surface area is 275 Å². The number of halogens is 2. The Balaban J connectivity index is 1.82. The zero-order valence-electron chi connectivity index (χ0n) is 25.5. The second-order valence-electron chi connectivity index (χ2n) is 10.9. The number of rotatable bonds is 13. The van der Waals surface area contributed by atoms with Crippen molar-refractivity contribution in [3.63, 3.8) is 0 Å². The van der Waals surface area contributed by atoms with E-state index in [2.05, 4.69) is 5.32 Å². The van der Waals surface area contributed by atoms with E-state index in [1.165, 1.54) is 17.0 Å². The van der Waals surface area contributed by atoms with Crippen molar-refractivity contribution in [2.45, 2.75) is 51.1 Å². The summed E-state index contributed by atoms with van der Waals surface area (Å²) in [6.45, 7) is 5.45. The minimum Gasteiger partial charge on any atom is -0.354 e. The van der Waals surface area contributed by atoms with Crippen molar-refractivity contribution in [1.82, 2.24) is 10.2 Å². The molecule has 0 saturated heterocycles. The Morgan fingerprint density at radius 1 is 0.822 bits per heavy atom. The van der Waals surface area contributed by atoms with Gasteiger partial charge in [0.2, 0.25) is 11.8 Å². The van der Waals surface area contributed by atoms with Gasteiger partial charge in [0.25, 0.3) is 10.0 Å². The van der Waals surface area contributed by atoms with Crippen LogP contribution in [0.1, 0.15) is 35.6 Å². The molecule has 10 heteroatoms. The highest BCUT2D eigenvalue weighted by atomic mass is 35.5. The molecule has 4 aromatic rings. The van der Waals surface area contributed by atoms with E-state index in [0.717, 1.165) is 21.0 Å². The monoisotopic (exact) mass is 665 g/mol. The quantitative estimate of drug-likeness (QED) is 0.167. The molecule has 2 amide bonds. The zero-order chi connectivity index (χ0) is 32.6. The predicted octanol–water partition coefficient (Wildman–Crippen LogP) is 6.97. The Morgan fingerprint density at radius 3 is 2.13 bits per heavy atom. The lowest BCUT2D eigenvalue weighted by molar-refractivity contribution is -0.140. The van der Waals surface area contributed by atoms with Crippen molar-refractivity contribution in [1.29, 1.82) is 0 Å². The van der Waals surface area contributed by atoms with Gasteiger partial charge in [0.1, 0.15) is 12.6 Å².